The molecule has 2 heterocycles. The van der Waals surface area contributed by atoms with Gasteiger partial charge in [0.25, 0.3) is 0 Å². The summed E-state index contributed by atoms with van der Waals surface area (Å²) in [4.78, 5) is 5.29. The van der Waals surface area contributed by atoms with E-state index < -0.39 is 0 Å². The van der Waals surface area contributed by atoms with Crippen LogP contribution in [0.5, 0.6) is 0 Å². The molecular formula is C11H22N2. The van der Waals surface area contributed by atoms with Gasteiger partial charge in [0, 0.05) is 31.2 Å². The average molecular weight is 182 g/mol. The molecule has 2 aliphatic heterocycles. The highest BCUT2D eigenvalue weighted by molar-refractivity contribution is 5.00. The molecule has 2 nitrogen and oxygen atoms in total. The first-order valence-electron chi connectivity index (χ1n) is 5.72. The first kappa shape index (κ1) is 9.47. The molecule has 0 aromatic carbocycles. The van der Waals surface area contributed by atoms with Crippen molar-refractivity contribution in [1.29, 1.82) is 0 Å². The van der Waals surface area contributed by atoms with Crippen LogP contribution in [0.25, 0.3) is 0 Å². The van der Waals surface area contributed by atoms with Gasteiger partial charge >= 0.3 is 0 Å². The summed E-state index contributed by atoms with van der Waals surface area (Å²) < 4.78 is 0. The molecule has 13 heavy (non-hydrogen) atoms. The van der Waals surface area contributed by atoms with Crippen LogP contribution >= 0.6 is 0 Å². The smallest absolute Gasteiger partial charge is 0.0242 e. The summed E-state index contributed by atoms with van der Waals surface area (Å²) in [5.74, 6) is 0. The van der Waals surface area contributed by atoms with Crippen LogP contribution < -0.4 is 0 Å². The number of rotatable bonds is 3. The van der Waals surface area contributed by atoms with E-state index in [-0.39, 0.29) is 0 Å². The van der Waals surface area contributed by atoms with Crippen molar-refractivity contribution in [2.45, 2.75) is 51.2 Å². The van der Waals surface area contributed by atoms with Crippen LogP contribution in [0, 0.1) is 0 Å². The van der Waals surface area contributed by atoms with Crippen LogP contribution in [-0.4, -0.2) is 48.1 Å². The Morgan fingerprint density at radius 3 is 2.23 bits per heavy atom. The van der Waals surface area contributed by atoms with E-state index in [2.05, 4.69) is 30.7 Å². The fourth-order valence-corrected chi connectivity index (χ4v) is 3.10. The van der Waals surface area contributed by atoms with Crippen molar-refractivity contribution in [2.75, 3.05) is 20.1 Å². The number of piperazine rings is 1. The van der Waals surface area contributed by atoms with Crippen LogP contribution in [0.15, 0.2) is 0 Å². The second-order valence-corrected chi connectivity index (χ2v) is 4.65. The van der Waals surface area contributed by atoms with E-state index >= 15 is 0 Å². The van der Waals surface area contributed by atoms with Crippen molar-refractivity contribution in [3.63, 3.8) is 0 Å². The van der Waals surface area contributed by atoms with Gasteiger partial charge in [-0.1, -0.05) is 13.8 Å². The van der Waals surface area contributed by atoms with Crippen molar-refractivity contribution < 1.29 is 0 Å². The monoisotopic (exact) mass is 182 g/mol. The van der Waals surface area contributed by atoms with Gasteiger partial charge in [-0.05, 0) is 26.3 Å². The third-order valence-corrected chi connectivity index (χ3v) is 3.97. The molecule has 2 saturated heterocycles. The summed E-state index contributed by atoms with van der Waals surface area (Å²) >= 11 is 0. The van der Waals surface area contributed by atoms with E-state index in [0.717, 1.165) is 18.1 Å². The zero-order valence-corrected chi connectivity index (χ0v) is 9.16. The maximum Gasteiger partial charge on any atom is 0.0242 e. The molecule has 0 amide bonds. The van der Waals surface area contributed by atoms with Gasteiger partial charge < -0.3 is 4.90 Å². The number of fused-ring (bicyclic) bond motifs is 2. The lowest BCUT2D eigenvalue weighted by Crippen LogP contribution is -2.48. The standard InChI is InChI=1S/C11H22N2/c1-4-9(5-2)13-8-10-6-11(13)7-12(10)3/h9-11H,4-8H2,1-3H3. The van der Waals surface area contributed by atoms with Crippen molar-refractivity contribution >= 4 is 0 Å². The summed E-state index contributed by atoms with van der Waals surface area (Å²) in [6, 6.07) is 2.59. The molecular weight excluding hydrogens is 160 g/mol. The number of nitrogens with zero attached hydrogens (tertiary/aromatic N) is 2. The third-order valence-electron chi connectivity index (χ3n) is 3.97. The largest absolute Gasteiger partial charge is 0.301 e. The zero-order chi connectivity index (χ0) is 9.42. The van der Waals surface area contributed by atoms with Crippen molar-refractivity contribution in [2.24, 2.45) is 0 Å². The van der Waals surface area contributed by atoms with Gasteiger partial charge in [0.05, 0.1) is 0 Å². The quantitative estimate of drug-likeness (QED) is 0.653. The molecule has 2 fully saturated rings. The summed E-state index contributed by atoms with van der Waals surface area (Å²) in [5.41, 5.74) is 0. The highest BCUT2D eigenvalue weighted by Crippen LogP contribution is 2.32. The van der Waals surface area contributed by atoms with Crippen molar-refractivity contribution in [1.82, 2.24) is 9.80 Å². The molecule has 0 aromatic heterocycles. The van der Waals surface area contributed by atoms with Gasteiger partial charge in [0.15, 0.2) is 0 Å². The topological polar surface area (TPSA) is 6.48 Å². The molecule has 0 aliphatic carbocycles. The van der Waals surface area contributed by atoms with Gasteiger partial charge in [0.2, 0.25) is 0 Å². The lowest BCUT2D eigenvalue weighted by atomic mass is 10.1. The minimum Gasteiger partial charge on any atom is -0.301 e. The van der Waals surface area contributed by atoms with Gasteiger partial charge in [0.1, 0.15) is 0 Å². The average Bonchev–Trinajstić information content (AvgIpc) is 2.65. The fourth-order valence-electron chi connectivity index (χ4n) is 3.10. The van der Waals surface area contributed by atoms with Crippen molar-refractivity contribution in [3.05, 3.63) is 0 Å². The highest BCUT2D eigenvalue weighted by Gasteiger charge is 2.42. The summed E-state index contributed by atoms with van der Waals surface area (Å²) in [5, 5.41) is 0. The SMILES string of the molecule is CCC(CC)N1CC2CC1CN2C. The summed E-state index contributed by atoms with van der Waals surface area (Å²) in [6.45, 7) is 7.28. The molecule has 2 aliphatic rings. The van der Waals surface area contributed by atoms with Gasteiger partial charge in [-0.15, -0.1) is 0 Å². The molecule has 2 bridgehead atoms. The molecule has 0 radical (unpaired) electrons. The summed E-state index contributed by atoms with van der Waals surface area (Å²) in [7, 11) is 2.27. The number of hydrogen-bond donors (Lipinski definition) is 0. The Morgan fingerprint density at radius 1 is 1.15 bits per heavy atom. The number of likely N-dealkylation sites (N-methyl/N-ethyl adjacent to an activating group) is 1. The van der Waals surface area contributed by atoms with Gasteiger partial charge in [-0.25, -0.2) is 0 Å². The normalized spacial score (nSPS) is 35.1. The number of likely N-dealkylation sites (tertiary alicyclic amines) is 2. The first-order chi connectivity index (χ1) is 6.26. The zero-order valence-electron chi connectivity index (χ0n) is 9.16. The fraction of sp³-hybridized carbons (Fsp3) is 1.00. The second kappa shape index (κ2) is 3.58. The third kappa shape index (κ3) is 1.50. The lowest BCUT2D eigenvalue weighted by Gasteiger charge is -2.37. The second-order valence-electron chi connectivity index (χ2n) is 4.65. The van der Waals surface area contributed by atoms with E-state index in [1.54, 1.807) is 0 Å². The van der Waals surface area contributed by atoms with Crippen molar-refractivity contribution in [3.8, 4) is 0 Å². The van der Waals surface area contributed by atoms with E-state index in [1.807, 2.05) is 0 Å². The molecule has 0 aromatic rings. The first-order valence-corrected chi connectivity index (χ1v) is 5.72. The Labute approximate surface area is 81.9 Å². The van der Waals surface area contributed by atoms with Crippen LogP contribution in [0.1, 0.15) is 33.1 Å². The van der Waals surface area contributed by atoms with E-state index in [1.165, 1.54) is 32.4 Å². The Bertz CT molecular complexity index is 175. The molecule has 2 atom stereocenters. The maximum atomic E-state index is 2.75. The number of hydrogen-bond acceptors (Lipinski definition) is 2. The Kier molecular flexibility index (Phi) is 2.61. The maximum absolute atomic E-state index is 2.75. The molecule has 76 valence electrons. The predicted molar refractivity (Wildman–Crippen MR) is 55.9 cm³/mol. The van der Waals surface area contributed by atoms with Gasteiger partial charge in [-0.3, -0.25) is 4.90 Å². The van der Waals surface area contributed by atoms with Crippen LogP contribution in [0.3, 0.4) is 0 Å². The minimum atomic E-state index is 0.851. The minimum absolute atomic E-state index is 0.851. The highest BCUT2D eigenvalue weighted by atomic mass is 15.3. The van der Waals surface area contributed by atoms with Crippen LogP contribution in [0.2, 0.25) is 0 Å². The molecule has 2 rings (SSSR count). The molecule has 0 N–H and O–H groups in total. The summed E-state index contributed by atoms with van der Waals surface area (Å²) in [6.07, 6.45) is 4.07. The molecule has 2 unspecified atom stereocenters. The lowest BCUT2D eigenvalue weighted by molar-refractivity contribution is 0.102. The Morgan fingerprint density at radius 2 is 1.85 bits per heavy atom. The molecule has 2 heteroatoms. The van der Waals surface area contributed by atoms with E-state index in [4.69, 9.17) is 0 Å². The van der Waals surface area contributed by atoms with Crippen LogP contribution in [0.4, 0.5) is 0 Å². The van der Waals surface area contributed by atoms with Gasteiger partial charge in [-0.2, -0.15) is 0 Å². The predicted octanol–water partition coefficient (Wildman–Crippen LogP) is 1.56. The van der Waals surface area contributed by atoms with E-state index in [9.17, 15) is 0 Å². The molecule has 0 saturated carbocycles. The van der Waals surface area contributed by atoms with Crippen LogP contribution in [-0.2, 0) is 0 Å². The Balaban J connectivity index is 1.97. The van der Waals surface area contributed by atoms with E-state index in [0.29, 0.717) is 0 Å². The molecule has 0 spiro atoms. The Hall–Kier alpha value is -0.0800.